The van der Waals surface area contributed by atoms with Crippen molar-refractivity contribution in [2.24, 2.45) is 0 Å². The third kappa shape index (κ3) is 4.08. The summed E-state index contributed by atoms with van der Waals surface area (Å²) in [7, 11) is 3.78. The lowest BCUT2D eigenvalue weighted by Gasteiger charge is -2.38. The molecule has 1 unspecified atom stereocenters. The number of piperidine rings is 1. The number of carbonyl (C=O) groups is 1. The third-order valence-corrected chi connectivity index (χ3v) is 5.15. The zero-order valence-electron chi connectivity index (χ0n) is 14.7. The van der Waals surface area contributed by atoms with Crippen LogP contribution in [0.15, 0.2) is 24.3 Å². The van der Waals surface area contributed by atoms with Gasteiger partial charge in [0.1, 0.15) is 5.75 Å². The molecular weight excluding hydrogens is 304 g/mol. The highest BCUT2D eigenvalue weighted by Gasteiger charge is 2.31. The van der Waals surface area contributed by atoms with Gasteiger partial charge in [0.2, 0.25) is 0 Å². The molecule has 0 aliphatic carbocycles. The molecule has 2 saturated heterocycles. The summed E-state index contributed by atoms with van der Waals surface area (Å²) in [6.07, 6.45) is 4.41. The molecular formula is C19H28N2O3. The molecule has 0 saturated carbocycles. The van der Waals surface area contributed by atoms with Gasteiger partial charge < -0.3 is 19.3 Å². The number of ether oxygens (including phenoxy) is 2. The average molecular weight is 332 g/mol. The number of likely N-dealkylation sites (tertiary alicyclic amines) is 1. The Bertz CT molecular complexity index is 532. The predicted octanol–water partition coefficient (Wildman–Crippen LogP) is 2.41. The fraction of sp³-hybridized carbons (Fsp3) is 0.632. The lowest BCUT2D eigenvalue weighted by Crippen LogP contribution is -2.49. The van der Waals surface area contributed by atoms with Gasteiger partial charge in [0, 0.05) is 24.8 Å². The van der Waals surface area contributed by atoms with Gasteiger partial charge in [0.05, 0.1) is 13.2 Å². The van der Waals surface area contributed by atoms with Crippen LogP contribution in [0.2, 0.25) is 0 Å². The lowest BCUT2D eigenvalue weighted by atomic mass is 10.0. The van der Waals surface area contributed by atoms with Crippen molar-refractivity contribution in [3.05, 3.63) is 29.8 Å². The zero-order chi connectivity index (χ0) is 16.9. The summed E-state index contributed by atoms with van der Waals surface area (Å²) in [6, 6.07) is 7.73. The van der Waals surface area contributed by atoms with Crippen molar-refractivity contribution in [2.45, 2.75) is 37.8 Å². The molecule has 2 heterocycles. The monoisotopic (exact) mass is 332 g/mol. The summed E-state index contributed by atoms with van der Waals surface area (Å²) in [5.74, 6) is 0.888. The SMILES string of the molecule is COc1ccc(C(=O)N(CC2CCCO2)C2CCN(C)CC2)cc1. The van der Waals surface area contributed by atoms with Crippen LogP contribution in [0.1, 0.15) is 36.0 Å². The van der Waals surface area contributed by atoms with E-state index in [9.17, 15) is 4.79 Å². The Balaban J connectivity index is 1.75. The molecule has 0 bridgehead atoms. The second kappa shape index (κ2) is 7.99. The van der Waals surface area contributed by atoms with Crippen LogP contribution in [0.4, 0.5) is 0 Å². The van der Waals surface area contributed by atoms with E-state index in [1.165, 1.54) is 0 Å². The molecule has 1 aromatic rings. The number of benzene rings is 1. The Morgan fingerprint density at radius 2 is 1.96 bits per heavy atom. The highest BCUT2D eigenvalue weighted by molar-refractivity contribution is 5.94. The van der Waals surface area contributed by atoms with Crippen molar-refractivity contribution >= 4 is 5.91 Å². The molecule has 3 rings (SSSR count). The van der Waals surface area contributed by atoms with Crippen LogP contribution in [-0.2, 0) is 4.74 Å². The Kier molecular flexibility index (Phi) is 5.74. The van der Waals surface area contributed by atoms with Gasteiger partial charge in [-0.05, 0) is 70.1 Å². The Morgan fingerprint density at radius 1 is 1.25 bits per heavy atom. The van der Waals surface area contributed by atoms with E-state index in [0.717, 1.165) is 56.7 Å². The zero-order valence-corrected chi connectivity index (χ0v) is 14.7. The van der Waals surface area contributed by atoms with Gasteiger partial charge in [-0.2, -0.15) is 0 Å². The summed E-state index contributed by atoms with van der Waals surface area (Å²) in [5, 5.41) is 0. The second-order valence-corrected chi connectivity index (χ2v) is 6.86. The third-order valence-electron chi connectivity index (χ3n) is 5.15. The Hall–Kier alpha value is -1.59. The molecule has 0 spiro atoms. The topological polar surface area (TPSA) is 42.0 Å². The van der Waals surface area contributed by atoms with Crippen molar-refractivity contribution in [3.8, 4) is 5.75 Å². The van der Waals surface area contributed by atoms with Crippen LogP contribution in [0.25, 0.3) is 0 Å². The van der Waals surface area contributed by atoms with E-state index >= 15 is 0 Å². The smallest absolute Gasteiger partial charge is 0.254 e. The number of hydrogen-bond donors (Lipinski definition) is 0. The van der Waals surface area contributed by atoms with E-state index in [1.54, 1.807) is 7.11 Å². The van der Waals surface area contributed by atoms with Gasteiger partial charge in [-0.3, -0.25) is 4.79 Å². The number of rotatable bonds is 5. The maximum Gasteiger partial charge on any atom is 0.254 e. The van der Waals surface area contributed by atoms with Crippen LogP contribution in [0, 0.1) is 0 Å². The summed E-state index contributed by atoms with van der Waals surface area (Å²) in [6.45, 7) is 3.62. The van der Waals surface area contributed by atoms with Crippen molar-refractivity contribution < 1.29 is 14.3 Å². The van der Waals surface area contributed by atoms with Crippen molar-refractivity contribution in [3.63, 3.8) is 0 Å². The molecule has 5 heteroatoms. The quantitative estimate of drug-likeness (QED) is 0.830. The second-order valence-electron chi connectivity index (χ2n) is 6.86. The average Bonchev–Trinajstić information content (AvgIpc) is 3.13. The molecule has 0 N–H and O–H groups in total. The minimum absolute atomic E-state index is 0.114. The van der Waals surface area contributed by atoms with Gasteiger partial charge in [-0.1, -0.05) is 0 Å². The van der Waals surface area contributed by atoms with Gasteiger partial charge in [-0.25, -0.2) is 0 Å². The van der Waals surface area contributed by atoms with Gasteiger partial charge in [0.25, 0.3) is 5.91 Å². The van der Waals surface area contributed by atoms with E-state index in [2.05, 4.69) is 16.8 Å². The Morgan fingerprint density at radius 3 is 2.54 bits per heavy atom. The van der Waals surface area contributed by atoms with E-state index in [4.69, 9.17) is 9.47 Å². The number of carbonyl (C=O) groups excluding carboxylic acids is 1. The predicted molar refractivity (Wildman–Crippen MR) is 93.5 cm³/mol. The highest BCUT2D eigenvalue weighted by atomic mass is 16.5. The van der Waals surface area contributed by atoms with E-state index < -0.39 is 0 Å². The fourth-order valence-corrected chi connectivity index (χ4v) is 3.61. The number of amides is 1. The van der Waals surface area contributed by atoms with E-state index in [-0.39, 0.29) is 12.0 Å². The summed E-state index contributed by atoms with van der Waals surface area (Å²) in [5.41, 5.74) is 0.729. The summed E-state index contributed by atoms with van der Waals surface area (Å²) in [4.78, 5) is 17.5. The largest absolute Gasteiger partial charge is 0.497 e. The first kappa shape index (κ1) is 17.2. The van der Waals surface area contributed by atoms with Crippen molar-refractivity contribution in [2.75, 3.05) is 40.4 Å². The Labute approximate surface area is 144 Å². The van der Waals surface area contributed by atoms with Crippen molar-refractivity contribution in [1.82, 2.24) is 9.80 Å². The van der Waals surface area contributed by atoms with Crippen LogP contribution < -0.4 is 4.74 Å². The number of hydrogen-bond acceptors (Lipinski definition) is 4. The molecule has 2 aliphatic heterocycles. The molecule has 2 aliphatic rings. The van der Waals surface area contributed by atoms with Crippen LogP contribution in [-0.4, -0.2) is 68.3 Å². The first-order valence-electron chi connectivity index (χ1n) is 8.92. The molecule has 24 heavy (non-hydrogen) atoms. The molecule has 0 radical (unpaired) electrons. The molecule has 5 nitrogen and oxygen atoms in total. The number of nitrogens with zero attached hydrogens (tertiary/aromatic N) is 2. The molecule has 132 valence electrons. The maximum absolute atomic E-state index is 13.1. The van der Waals surface area contributed by atoms with Crippen LogP contribution in [0.5, 0.6) is 5.75 Å². The fourth-order valence-electron chi connectivity index (χ4n) is 3.61. The molecule has 2 fully saturated rings. The standard InChI is InChI=1S/C19H28N2O3/c1-20-11-9-16(10-12-20)21(14-18-4-3-13-24-18)19(22)15-5-7-17(23-2)8-6-15/h5-8,16,18H,3-4,9-14H2,1-2H3. The van der Waals surface area contributed by atoms with Gasteiger partial charge in [-0.15, -0.1) is 0 Å². The highest BCUT2D eigenvalue weighted by Crippen LogP contribution is 2.23. The molecule has 0 aromatic heterocycles. The minimum atomic E-state index is 0.114. The lowest BCUT2D eigenvalue weighted by molar-refractivity contribution is 0.0320. The normalized spacial score (nSPS) is 22.5. The van der Waals surface area contributed by atoms with Crippen molar-refractivity contribution in [1.29, 1.82) is 0 Å². The minimum Gasteiger partial charge on any atom is -0.497 e. The molecule has 1 aromatic carbocycles. The van der Waals surface area contributed by atoms with E-state index in [1.807, 2.05) is 24.3 Å². The van der Waals surface area contributed by atoms with E-state index in [0.29, 0.717) is 12.6 Å². The molecule has 1 atom stereocenters. The van der Waals surface area contributed by atoms with Gasteiger partial charge in [0.15, 0.2) is 0 Å². The van der Waals surface area contributed by atoms with Gasteiger partial charge >= 0.3 is 0 Å². The summed E-state index contributed by atoms with van der Waals surface area (Å²) < 4.78 is 11.0. The molecule has 1 amide bonds. The van der Waals surface area contributed by atoms with Crippen LogP contribution >= 0.6 is 0 Å². The van der Waals surface area contributed by atoms with Crippen LogP contribution in [0.3, 0.4) is 0 Å². The summed E-state index contributed by atoms with van der Waals surface area (Å²) >= 11 is 0. The number of methoxy groups -OCH3 is 1. The first-order chi connectivity index (χ1) is 11.7. The first-order valence-corrected chi connectivity index (χ1v) is 8.92. The maximum atomic E-state index is 13.1.